The number of nitrogens with two attached hydrogens (primary N) is 1. The summed E-state index contributed by atoms with van der Waals surface area (Å²) in [5.74, 6) is 0.584. The minimum Gasteiger partial charge on any atom is -0.384 e. The van der Waals surface area contributed by atoms with Gasteiger partial charge >= 0.3 is 0 Å². The molecule has 0 amide bonds. The molecule has 1 heterocycles. The van der Waals surface area contributed by atoms with Crippen LogP contribution in [0.5, 0.6) is 0 Å². The normalized spacial score (nSPS) is 10.6. The summed E-state index contributed by atoms with van der Waals surface area (Å²) in [4.78, 5) is 0. The number of rotatable bonds is 1. The summed E-state index contributed by atoms with van der Waals surface area (Å²) in [6, 6.07) is 7.18. The molecule has 3 nitrogen and oxygen atoms in total. The second-order valence-electron chi connectivity index (χ2n) is 3.18. The van der Waals surface area contributed by atoms with E-state index in [1.165, 1.54) is 0 Å². The zero-order valence-corrected chi connectivity index (χ0v) is 9.55. The lowest BCUT2D eigenvalue weighted by atomic mass is 10.1. The predicted molar refractivity (Wildman–Crippen MR) is 63.1 cm³/mol. The smallest absolute Gasteiger partial charge is 0.121 e. The maximum Gasteiger partial charge on any atom is 0.121 e. The van der Waals surface area contributed by atoms with Gasteiger partial charge in [-0.15, -0.1) is 0 Å². The number of aryl methyl sites for hydroxylation is 1. The van der Waals surface area contributed by atoms with Crippen LogP contribution in [-0.2, 0) is 7.05 Å². The third kappa shape index (κ3) is 1.80. The van der Waals surface area contributed by atoms with E-state index in [9.17, 15) is 0 Å². The molecule has 0 unspecified atom stereocenters. The van der Waals surface area contributed by atoms with Gasteiger partial charge in [0, 0.05) is 18.7 Å². The van der Waals surface area contributed by atoms with E-state index < -0.39 is 0 Å². The molecule has 78 valence electrons. The highest BCUT2D eigenvalue weighted by atomic mass is 35.5. The van der Waals surface area contributed by atoms with Crippen molar-refractivity contribution in [3.63, 3.8) is 0 Å². The molecule has 0 saturated carbocycles. The summed E-state index contributed by atoms with van der Waals surface area (Å²) in [6.07, 6.45) is 0. The Morgan fingerprint density at radius 1 is 1.33 bits per heavy atom. The molecule has 1 aromatic carbocycles. The van der Waals surface area contributed by atoms with Gasteiger partial charge in [-0.1, -0.05) is 35.3 Å². The van der Waals surface area contributed by atoms with Gasteiger partial charge in [-0.2, -0.15) is 5.10 Å². The number of nitrogen functional groups attached to an aromatic ring is 1. The summed E-state index contributed by atoms with van der Waals surface area (Å²) < 4.78 is 1.59. The van der Waals surface area contributed by atoms with Gasteiger partial charge in [0.15, 0.2) is 0 Å². The van der Waals surface area contributed by atoms with Crippen molar-refractivity contribution in [2.75, 3.05) is 5.73 Å². The summed E-state index contributed by atoms with van der Waals surface area (Å²) in [5.41, 5.74) is 7.20. The molecular formula is C10H9Cl2N3. The summed E-state index contributed by atoms with van der Waals surface area (Å²) in [7, 11) is 1.78. The first-order valence-electron chi connectivity index (χ1n) is 4.33. The Morgan fingerprint density at radius 3 is 2.67 bits per heavy atom. The Labute approximate surface area is 97.4 Å². The highest BCUT2D eigenvalue weighted by Crippen LogP contribution is 2.33. The quantitative estimate of drug-likeness (QED) is 0.835. The first kappa shape index (κ1) is 10.3. The molecule has 2 N–H and O–H groups in total. The van der Waals surface area contributed by atoms with Gasteiger partial charge in [0.2, 0.25) is 0 Å². The van der Waals surface area contributed by atoms with Crippen LogP contribution in [0.25, 0.3) is 11.3 Å². The molecule has 0 saturated heterocycles. The van der Waals surface area contributed by atoms with Crippen molar-refractivity contribution in [3.8, 4) is 11.3 Å². The molecular weight excluding hydrogens is 233 g/mol. The van der Waals surface area contributed by atoms with E-state index >= 15 is 0 Å². The Morgan fingerprint density at radius 2 is 2.07 bits per heavy atom. The zero-order valence-electron chi connectivity index (χ0n) is 8.04. The third-order valence-corrected chi connectivity index (χ3v) is 2.96. The molecule has 2 aromatic rings. The van der Waals surface area contributed by atoms with E-state index in [1.807, 2.05) is 12.1 Å². The first-order valence-corrected chi connectivity index (χ1v) is 5.09. The second kappa shape index (κ2) is 3.76. The maximum absolute atomic E-state index is 6.07. The highest BCUT2D eigenvalue weighted by Gasteiger charge is 2.10. The fourth-order valence-electron chi connectivity index (χ4n) is 1.31. The average Bonchev–Trinajstić information content (AvgIpc) is 2.51. The van der Waals surface area contributed by atoms with Crippen molar-refractivity contribution in [2.24, 2.45) is 7.05 Å². The molecule has 0 aliphatic rings. The van der Waals surface area contributed by atoms with E-state index in [0.717, 1.165) is 11.3 Å². The summed E-state index contributed by atoms with van der Waals surface area (Å²) >= 11 is 12.0. The monoisotopic (exact) mass is 241 g/mol. The Bertz CT molecular complexity index is 486. The fourth-order valence-corrected chi connectivity index (χ4v) is 1.71. The highest BCUT2D eigenvalue weighted by molar-refractivity contribution is 6.43. The van der Waals surface area contributed by atoms with E-state index in [-0.39, 0.29) is 0 Å². The van der Waals surface area contributed by atoms with Gasteiger partial charge in [-0.25, -0.2) is 0 Å². The molecule has 2 rings (SSSR count). The lowest BCUT2D eigenvalue weighted by Crippen LogP contribution is -1.96. The van der Waals surface area contributed by atoms with Crippen LogP contribution < -0.4 is 5.73 Å². The number of anilines is 1. The summed E-state index contributed by atoms with van der Waals surface area (Å²) in [6.45, 7) is 0. The average molecular weight is 242 g/mol. The van der Waals surface area contributed by atoms with Crippen LogP contribution >= 0.6 is 23.2 Å². The minimum atomic E-state index is 0.497. The van der Waals surface area contributed by atoms with Crippen molar-refractivity contribution in [2.45, 2.75) is 0 Å². The molecule has 0 radical (unpaired) electrons. The minimum absolute atomic E-state index is 0.497. The van der Waals surface area contributed by atoms with Crippen LogP contribution in [0.2, 0.25) is 10.0 Å². The van der Waals surface area contributed by atoms with Crippen LogP contribution in [0.4, 0.5) is 5.82 Å². The van der Waals surface area contributed by atoms with Gasteiger partial charge in [-0.05, 0) is 6.07 Å². The van der Waals surface area contributed by atoms with Gasteiger partial charge in [0.25, 0.3) is 0 Å². The van der Waals surface area contributed by atoms with Crippen LogP contribution in [0.1, 0.15) is 0 Å². The topological polar surface area (TPSA) is 43.8 Å². The second-order valence-corrected chi connectivity index (χ2v) is 3.96. The standard InChI is InChI=1S/C10H9Cl2N3/c1-15-9(13)5-8(14-15)6-3-2-4-7(11)10(6)12/h2-5H,13H2,1H3. The van der Waals surface area contributed by atoms with Gasteiger partial charge in [0.1, 0.15) is 5.82 Å². The lowest BCUT2D eigenvalue weighted by molar-refractivity contribution is 0.782. The number of hydrogen-bond acceptors (Lipinski definition) is 2. The van der Waals surface area contributed by atoms with Gasteiger partial charge < -0.3 is 5.73 Å². The number of halogens is 2. The fraction of sp³-hybridized carbons (Fsp3) is 0.100. The molecule has 0 atom stereocenters. The lowest BCUT2D eigenvalue weighted by Gasteiger charge is -2.01. The van der Waals surface area contributed by atoms with Crippen LogP contribution in [0, 0.1) is 0 Å². The number of aromatic nitrogens is 2. The number of benzene rings is 1. The summed E-state index contributed by atoms with van der Waals surface area (Å²) in [5, 5.41) is 5.24. The van der Waals surface area contributed by atoms with E-state index in [0.29, 0.717) is 15.9 Å². The molecule has 0 bridgehead atoms. The molecule has 0 fully saturated rings. The molecule has 0 aliphatic heterocycles. The molecule has 5 heteroatoms. The van der Waals surface area contributed by atoms with E-state index in [2.05, 4.69) is 5.10 Å². The predicted octanol–water partition coefficient (Wildman–Crippen LogP) is 2.98. The van der Waals surface area contributed by atoms with Crippen LogP contribution in [0.15, 0.2) is 24.3 Å². The molecule has 0 aliphatic carbocycles. The first-order chi connectivity index (χ1) is 7.09. The van der Waals surface area contributed by atoms with Gasteiger partial charge in [0.05, 0.1) is 15.7 Å². The SMILES string of the molecule is Cn1nc(-c2cccc(Cl)c2Cl)cc1N. The Hall–Kier alpha value is -1.19. The van der Waals surface area contributed by atoms with Gasteiger partial charge in [-0.3, -0.25) is 4.68 Å². The van der Waals surface area contributed by atoms with Crippen molar-refractivity contribution >= 4 is 29.0 Å². The Balaban J connectivity index is 2.59. The largest absolute Gasteiger partial charge is 0.384 e. The van der Waals surface area contributed by atoms with Crippen molar-refractivity contribution in [3.05, 3.63) is 34.3 Å². The van der Waals surface area contributed by atoms with Crippen LogP contribution in [-0.4, -0.2) is 9.78 Å². The third-order valence-electron chi connectivity index (χ3n) is 2.14. The molecule has 1 aromatic heterocycles. The van der Waals surface area contributed by atoms with Crippen molar-refractivity contribution in [1.29, 1.82) is 0 Å². The van der Waals surface area contributed by atoms with Crippen LogP contribution in [0.3, 0.4) is 0 Å². The van der Waals surface area contributed by atoms with Crippen molar-refractivity contribution in [1.82, 2.24) is 9.78 Å². The molecule has 0 spiro atoms. The van der Waals surface area contributed by atoms with E-state index in [1.54, 1.807) is 23.9 Å². The number of nitrogens with zero attached hydrogens (tertiary/aromatic N) is 2. The molecule has 15 heavy (non-hydrogen) atoms. The number of hydrogen-bond donors (Lipinski definition) is 1. The van der Waals surface area contributed by atoms with E-state index in [4.69, 9.17) is 28.9 Å². The maximum atomic E-state index is 6.07. The zero-order chi connectivity index (χ0) is 11.0. The van der Waals surface area contributed by atoms with Crippen molar-refractivity contribution < 1.29 is 0 Å². The Kier molecular flexibility index (Phi) is 2.59.